The number of aryl methyl sites for hydroxylation is 1. The third-order valence-corrected chi connectivity index (χ3v) is 2.53. The van der Waals surface area contributed by atoms with Crippen molar-refractivity contribution in [1.29, 1.82) is 0 Å². The monoisotopic (exact) mass is 240 g/mol. The van der Waals surface area contributed by atoms with Crippen molar-refractivity contribution in [3.05, 3.63) is 11.3 Å². The Kier molecular flexibility index (Phi) is 3.42. The molecule has 0 aliphatic carbocycles. The van der Waals surface area contributed by atoms with Gasteiger partial charge in [-0.2, -0.15) is 4.98 Å². The lowest BCUT2D eigenvalue weighted by atomic mass is 10.6. The Morgan fingerprint density at radius 3 is 3.06 bits per heavy atom. The van der Waals surface area contributed by atoms with Gasteiger partial charge in [-0.1, -0.05) is 23.4 Å². The predicted molar refractivity (Wildman–Crippen MR) is 58.4 cm³/mol. The Labute approximate surface area is 96.5 Å². The van der Waals surface area contributed by atoms with E-state index >= 15 is 0 Å². The lowest BCUT2D eigenvalue weighted by Crippen LogP contribution is -2.11. The first-order valence-electron chi connectivity index (χ1n) is 4.84. The fourth-order valence-electron chi connectivity index (χ4n) is 1.03. The second-order valence-electron chi connectivity index (χ2n) is 3.04. The van der Waals surface area contributed by atoms with Gasteiger partial charge in [-0.05, 0) is 6.54 Å². The molecule has 0 aromatic carbocycles. The zero-order chi connectivity index (χ0) is 11.4. The van der Waals surface area contributed by atoms with Crippen LogP contribution in [0.1, 0.15) is 11.9 Å². The Balaban J connectivity index is 1.97. The Morgan fingerprint density at radius 2 is 2.38 bits per heavy atom. The summed E-state index contributed by atoms with van der Waals surface area (Å²) in [5, 5.41) is 16.4. The SMILES string of the molecule is CCNCc1nnc(Oc2ncn(C)n2)s1. The summed E-state index contributed by atoms with van der Waals surface area (Å²) in [5.41, 5.74) is 0. The van der Waals surface area contributed by atoms with Gasteiger partial charge < -0.3 is 10.1 Å². The van der Waals surface area contributed by atoms with Crippen LogP contribution < -0.4 is 10.1 Å². The highest BCUT2D eigenvalue weighted by molar-refractivity contribution is 7.13. The number of nitrogens with one attached hydrogen (secondary N) is 1. The van der Waals surface area contributed by atoms with E-state index in [9.17, 15) is 0 Å². The molecule has 0 saturated carbocycles. The van der Waals surface area contributed by atoms with Crippen LogP contribution in [0.4, 0.5) is 0 Å². The van der Waals surface area contributed by atoms with Crippen LogP contribution in [0.25, 0.3) is 0 Å². The molecule has 2 heterocycles. The van der Waals surface area contributed by atoms with Gasteiger partial charge in [0.15, 0.2) is 0 Å². The number of nitrogens with zero attached hydrogens (tertiary/aromatic N) is 5. The van der Waals surface area contributed by atoms with E-state index < -0.39 is 0 Å². The molecule has 0 aliphatic rings. The number of rotatable bonds is 5. The van der Waals surface area contributed by atoms with E-state index in [0.29, 0.717) is 11.7 Å². The number of hydrogen-bond donors (Lipinski definition) is 1. The Bertz CT molecular complexity index is 453. The maximum absolute atomic E-state index is 5.33. The summed E-state index contributed by atoms with van der Waals surface area (Å²) in [7, 11) is 1.77. The fraction of sp³-hybridized carbons (Fsp3) is 0.500. The molecule has 86 valence electrons. The summed E-state index contributed by atoms with van der Waals surface area (Å²) in [6, 6.07) is 0.286. The van der Waals surface area contributed by atoms with Gasteiger partial charge in [-0.25, -0.2) is 0 Å². The normalized spacial score (nSPS) is 10.6. The molecule has 0 atom stereocenters. The number of hydrogen-bond acceptors (Lipinski definition) is 7. The average Bonchev–Trinajstić information content (AvgIpc) is 2.86. The van der Waals surface area contributed by atoms with Crippen LogP contribution >= 0.6 is 11.3 Å². The molecule has 0 aliphatic heterocycles. The first-order valence-corrected chi connectivity index (χ1v) is 5.66. The second-order valence-corrected chi connectivity index (χ2v) is 4.07. The van der Waals surface area contributed by atoms with Gasteiger partial charge >= 0.3 is 11.2 Å². The predicted octanol–water partition coefficient (Wildman–Crippen LogP) is 0.568. The number of aromatic nitrogens is 5. The maximum atomic E-state index is 5.33. The minimum Gasteiger partial charge on any atom is -0.393 e. The Morgan fingerprint density at radius 1 is 1.50 bits per heavy atom. The third-order valence-electron chi connectivity index (χ3n) is 1.73. The van der Waals surface area contributed by atoms with E-state index in [1.165, 1.54) is 11.3 Å². The maximum Gasteiger partial charge on any atom is 0.342 e. The first kappa shape index (κ1) is 11.0. The van der Waals surface area contributed by atoms with Gasteiger partial charge in [0.25, 0.3) is 0 Å². The highest BCUT2D eigenvalue weighted by atomic mass is 32.1. The van der Waals surface area contributed by atoms with E-state index in [1.54, 1.807) is 18.1 Å². The summed E-state index contributed by atoms with van der Waals surface area (Å²) in [5.74, 6) is 0. The lowest BCUT2D eigenvalue weighted by molar-refractivity contribution is 0.431. The summed E-state index contributed by atoms with van der Waals surface area (Å²) < 4.78 is 6.90. The minimum absolute atomic E-state index is 0.286. The van der Waals surface area contributed by atoms with E-state index in [2.05, 4.69) is 25.6 Å². The summed E-state index contributed by atoms with van der Waals surface area (Å²) in [6.45, 7) is 3.64. The molecular weight excluding hydrogens is 228 g/mol. The van der Waals surface area contributed by atoms with Gasteiger partial charge in [0.05, 0.1) is 0 Å². The molecular formula is C8H12N6OS. The summed E-state index contributed by atoms with van der Waals surface area (Å²) in [4.78, 5) is 3.94. The number of ether oxygens (including phenoxy) is 1. The third kappa shape index (κ3) is 2.74. The van der Waals surface area contributed by atoms with Crippen LogP contribution in [0.15, 0.2) is 6.33 Å². The van der Waals surface area contributed by atoms with Gasteiger partial charge in [-0.15, -0.1) is 10.2 Å². The van der Waals surface area contributed by atoms with Crippen LogP contribution in [0.5, 0.6) is 11.2 Å². The lowest BCUT2D eigenvalue weighted by Gasteiger charge is -1.93. The van der Waals surface area contributed by atoms with Gasteiger partial charge in [0.1, 0.15) is 11.3 Å². The van der Waals surface area contributed by atoms with Gasteiger partial charge in [-0.3, -0.25) is 4.68 Å². The molecule has 0 amide bonds. The van der Waals surface area contributed by atoms with E-state index in [1.807, 2.05) is 6.92 Å². The van der Waals surface area contributed by atoms with Crippen LogP contribution in [0.3, 0.4) is 0 Å². The van der Waals surface area contributed by atoms with Crippen LogP contribution in [0.2, 0.25) is 0 Å². The zero-order valence-electron chi connectivity index (χ0n) is 9.04. The highest BCUT2D eigenvalue weighted by Gasteiger charge is 2.08. The van der Waals surface area contributed by atoms with Crippen molar-refractivity contribution in [1.82, 2.24) is 30.3 Å². The van der Waals surface area contributed by atoms with Crippen LogP contribution in [-0.4, -0.2) is 31.5 Å². The molecule has 2 aromatic rings. The topological polar surface area (TPSA) is 77.8 Å². The molecule has 0 saturated heterocycles. The largest absolute Gasteiger partial charge is 0.393 e. The van der Waals surface area contributed by atoms with Gasteiger partial charge in [0.2, 0.25) is 0 Å². The molecule has 0 fully saturated rings. The van der Waals surface area contributed by atoms with Crippen molar-refractivity contribution in [2.75, 3.05) is 6.54 Å². The molecule has 7 nitrogen and oxygen atoms in total. The first-order chi connectivity index (χ1) is 7.78. The van der Waals surface area contributed by atoms with Crippen molar-refractivity contribution in [2.24, 2.45) is 7.05 Å². The van der Waals surface area contributed by atoms with Crippen molar-refractivity contribution in [3.8, 4) is 11.2 Å². The van der Waals surface area contributed by atoms with E-state index in [4.69, 9.17) is 4.74 Å². The second kappa shape index (κ2) is 4.99. The van der Waals surface area contributed by atoms with Crippen molar-refractivity contribution in [2.45, 2.75) is 13.5 Å². The molecule has 0 bridgehead atoms. The van der Waals surface area contributed by atoms with E-state index in [0.717, 1.165) is 11.6 Å². The minimum atomic E-state index is 0.286. The average molecular weight is 240 g/mol. The molecule has 0 unspecified atom stereocenters. The quantitative estimate of drug-likeness (QED) is 0.823. The van der Waals surface area contributed by atoms with Gasteiger partial charge in [0, 0.05) is 13.6 Å². The Hall–Kier alpha value is -1.54. The fourth-order valence-corrected chi connectivity index (χ4v) is 1.68. The molecule has 16 heavy (non-hydrogen) atoms. The molecule has 0 radical (unpaired) electrons. The van der Waals surface area contributed by atoms with Crippen molar-refractivity contribution < 1.29 is 4.74 Å². The van der Waals surface area contributed by atoms with Crippen LogP contribution in [-0.2, 0) is 13.6 Å². The zero-order valence-corrected chi connectivity index (χ0v) is 9.86. The highest BCUT2D eigenvalue weighted by Crippen LogP contribution is 2.21. The molecule has 0 spiro atoms. The molecule has 2 rings (SSSR count). The molecule has 1 N–H and O–H groups in total. The summed E-state index contributed by atoms with van der Waals surface area (Å²) >= 11 is 1.38. The standard InChI is InChI=1S/C8H12N6OS/c1-3-9-4-6-11-12-8(16-6)15-7-10-5-14(2)13-7/h5,9H,3-4H2,1-2H3. The summed E-state index contributed by atoms with van der Waals surface area (Å²) in [6.07, 6.45) is 1.57. The van der Waals surface area contributed by atoms with Crippen LogP contribution in [0, 0.1) is 0 Å². The van der Waals surface area contributed by atoms with Crippen molar-refractivity contribution >= 4 is 11.3 Å². The molecule has 2 aromatic heterocycles. The van der Waals surface area contributed by atoms with Crippen molar-refractivity contribution in [3.63, 3.8) is 0 Å². The van der Waals surface area contributed by atoms with E-state index in [-0.39, 0.29) is 6.01 Å². The molecule has 8 heteroatoms. The smallest absolute Gasteiger partial charge is 0.342 e.